The molecule has 0 amide bonds. The highest BCUT2D eigenvalue weighted by Crippen LogP contribution is 2.32. The van der Waals surface area contributed by atoms with Crippen molar-refractivity contribution in [3.63, 3.8) is 0 Å². The minimum atomic E-state index is -0.230. The number of anilines is 1. The molecule has 156 valence electrons. The van der Waals surface area contributed by atoms with Gasteiger partial charge in [-0.25, -0.2) is 14.5 Å². The van der Waals surface area contributed by atoms with Gasteiger partial charge in [0.05, 0.1) is 18.3 Å². The lowest BCUT2D eigenvalue weighted by molar-refractivity contribution is 0.414. The number of hydrogen-bond acceptors (Lipinski definition) is 5. The second-order valence-corrected chi connectivity index (χ2v) is 7.74. The average Bonchev–Trinajstić information content (AvgIpc) is 3.35. The zero-order valence-corrected chi connectivity index (χ0v) is 18.1. The van der Waals surface area contributed by atoms with Crippen molar-refractivity contribution in [2.45, 2.75) is 13.0 Å². The molecule has 7 nitrogen and oxygen atoms in total. The van der Waals surface area contributed by atoms with Gasteiger partial charge in [0, 0.05) is 24.8 Å². The van der Waals surface area contributed by atoms with Gasteiger partial charge in [-0.05, 0) is 36.8 Å². The first-order chi connectivity index (χ1) is 15.1. The number of benzene rings is 2. The molecule has 8 heteroatoms. The maximum atomic E-state index is 6.52. The Balaban J connectivity index is 1.70. The lowest BCUT2D eigenvalue weighted by Crippen LogP contribution is -2.18. The molecule has 0 aliphatic rings. The average molecular weight is 433 g/mol. The first-order valence-electron chi connectivity index (χ1n) is 9.88. The Labute approximate surface area is 184 Å². The number of para-hydroxylation sites is 1. The highest BCUT2D eigenvalue weighted by atomic mass is 35.5. The van der Waals surface area contributed by atoms with Crippen LogP contribution in [0.4, 0.5) is 5.82 Å². The number of ether oxygens (including phenoxy) is 1. The molecule has 1 atom stereocenters. The van der Waals surface area contributed by atoms with Gasteiger partial charge in [-0.15, -0.1) is 0 Å². The van der Waals surface area contributed by atoms with Gasteiger partial charge in [-0.2, -0.15) is 5.10 Å². The minimum absolute atomic E-state index is 0.230. The van der Waals surface area contributed by atoms with Crippen LogP contribution in [0.15, 0.2) is 60.9 Å². The smallest absolute Gasteiger partial charge is 0.176 e. The van der Waals surface area contributed by atoms with Crippen LogP contribution < -0.4 is 10.1 Å². The SMILES string of the molecule is COc1ccc(C(Nc2nc3c(Cl)c(C)nn3c3ccccc23)c2nccn2C)cc1. The molecule has 0 saturated heterocycles. The monoisotopic (exact) mass is 432 g/mol. The number of methoxy groups -OCH3 is 1. The van der Waals surface area contributed by atoms with Crippen molar-refractivity contribution in [1.29, 1.82) is 0 Å². The maximum Gasteiger partial charge on any atom is 0.176 e. The Morgan fingerprint density at radius 3 is 2.58 bits per heavy atom. The second-order valence-electron chi connectivity index (χ2n) is 7.36. The van der Waals surface area contributed by atoms with Crippen LogP contribution in [0.2, 0.25) is 5.02 Å². The van der Waals surface area contributed by atoms with E-state index in [0.29, 0.717) is 16.5 Å². The molecule has 0 radical (unpaired) electrons. The van der Waals surface area contributed by atoms with Crippen LogP contribution in [0.25, 0.3) is 16.6 Å². The molecule has 5 rings (SSSR count). The third-order valence-electron chi connectivity index (χ3n) is 5.42. The van der Waals surface area contributed by atoms with E-state index in [0.717, 1.165) is 33.7 Å². The summed E-state index contributed by atoms with van der Waals surface area (Å²) in [4.78, 5) is 9.45. The summed E-state index contributed by atoms with van der Waals surface area (Å²) in [7, 11) is 3.64. The van der Waals surface area contributed by atoms with E-state index >= 15 is 0 Å². The van der Waals surface area contributed by atoms with Crippen LogP contribution in [0, 0.1) is 6.92 Å². The standard InChI is InChI=1S/C23H21ClN6O/c1-14-19(24)22-27-21(17-6-4-5-7-18(17)30(22)28-14)26-20(23-25-12-13-29(23)2)15-8-10-16(31-3)11-9-15/h4-13,20H,1-3H3,(H,26,27). The summed E-state index contributed by atoms with van der Waals surface area (Å²) in [5.41, 5.74) is 3.33. The molecule has 3 heterocycles. The second kappa shape index (κ2) is 7.59. The fraction of sp³-hybridized carbons (Fsp3) is 0.174. The van der Waals surface area contributed by atoms with Crippen molar-refractivity contribution >= 4 is 34.0 Å². The zero-order valence-electron chi connectivity index (χ0n) is 17.4. The molecule has 3 aromatic heterocycles. The highest BCUT2D eigenvalue weighted by molar-refractivity contribution is 6.34. The molecular weight excluding hydrogens is 412 g/mol. The van der Waals surface area contributed by atoms with Gasteiger partial charge in [0.25, 0.3) is 0 Å². The summed E-state index contributed by atoms with van der Waals surface area (Å²) >= 11 is 6.52. The van der Waals surface area contributed by atoms with E-state index in [-0.39, 0.29) is 6.04 Å². The van der Waals surface area contributed by atoms with E-state index in [2.05, 4.69) is 15.4 Å². The number of nitrogens with one attached hydrogen (secondary N) is 1. The van der Waals surface area contributed by atoms with Crippen LogP contribution in [0.1, 0.15) is 23.1 Å². The minimum Gasteiger partial charge on any atom is -0.497 e. The topological polar surface area (TPSA) is 69.3 Å². The summed E-state index contributed by atoms with van der Waals surface area (Å²) in [6, 6.07) is 15.7. The molecule has 0 bridgehead atoms. The zero-order chi connectivity index (χ0) is 21.5. The first kappa shape index (κ1) is 19.4. The van der Waals surface area contributed by atoms with Gasteiger partial charge < -0.3 is 14.6 Å². The summed E-state index contributed by atoms with van der Waals surface area (Å²) < 4.78 is 9.12. The molecule has 0 aliphatic heterocycles. The summed E-state index contributed by atoms with van der Waals surface area (Å²) in [6.45, 7) is 1.88. The van der Waals surface area contributed by atoms with Crippen molar-refractivity contribution < 1.29 is 4.74 Å². The van der Waals surface area contributed by atoms with Gasteiger partial charge >= 0.3 is 0 Å². The van der Waals surface area contributed by atoms with Crippen LogP contribution in [-0.2, 0) is 7.05 Å². The molecule has 0 saturated carbocycles. The van der Waals surface area contributed by atoms with E-state index in [1.54, 1.807) is 17.8 Å². The van der Waals surface area contributed by atoms with Crippen molar-refractivity contribution in [3.05, 3.63) is 83.0 Å². The maximum absolute atomic E-state index is 6.52. The van der Waals surface area contributed by atoms with E-state index in [1.165, 1.54) is 0 Å². The fourth-order valence-electron chi connectivity index (χ4n) is 3.78. The Hall–Kier alpha value is -3.58. The van der Waals surface area contributed by atoms with E-state index in [4.69, 9.17) is 21.3 Å². The summed E-state index contributed by atoms with van der Waals surface area (Å²) in [5.74, 6) is 2.38. The highest BCUT2D eigenvalue weighted by Gasteiger charge is 2.22. The largest absolute Gasteiger partial charge is 0.497 e. The number of nitrogens with zero attached hydrogens (tertiary/aromatic N) is 5. The molecule has 0 fully saturated rings. The number of aryl methyl sites for hydroxylation is 2. The number of rotatable bonds is 5. The third-order valence-corrected chi connectivity index (χ3v) is 5.86. The van der Waals surface area contributed by atoms with Crippen molar-refractivity contribution in [1.82, 2.24) is 24.1 Å². The number of hydrogen-bond donors (Lipinski definition) is 1. The number of imidazole rings is 1. The van der Waals surface area contributed by atoms with Crippen LogP contribution in [0.3, 0.4) is 0 Å². The molecule has 5 aromatic rings. The molecule has 31 heavy (non-hydrogen) atoms. The Kier molecular flexibility index (Phi) is 4.75. The number of fused-ring (bicyclic) bond motifs is 3. The number of halogens is 1. The summed E-state index contributed by atoms with van der Waals surface area (Å²) in [5, 5.41) is 9.67. The molecule has 0 aliphatic carbocycles. The van der Waals surface area contributed by atoms with Gasteiger partial charge in [0.1, 0.15) is 28.5 Å². The van der Waals surface area contributed by atoms with Gasteiger partial charge in [-0.3, -0.25) is 0 Å². The Morgan fingerprint density at radius 1 is 1.10 bits per heavy atom. The Bertz CT molecular complexity index is 1390. The van der Waals surface area contributed by atoms with Crippen molar-refractivity contribution in [2.24, 2.45) is 7.05 Å². The van der Waals surface area contributed by atoms with Crippen LogP contribution in [-0.4, -0.2) is 31.3 Å². The normalized spacial score (nSPS) is 12.4. The molecule has 1 unspecified atom stereocenters. The van der Waals surface area contributed by atoms with Crippen molar-refractivity contribution in [2.75, 3.05) is 12.4 Å². The third kappa shape index (κ3) is 3.27. The van der Waals surface area contributed by atoms with Crippen LogP contribution >= 0.6 is 11.6 Å². The van der Waals surface area contributed by atoms with Gasteiger partial charge in [0.2, 0.25) is 0 Å². The van der Waals surface area contributed by atoms with Crippen molar-refractivity contribution in [3.8, 4) is 5.75 Å². The molecular formula is C23H21ClN6O. The molecule has 2 aromatic carbocycles. The van der Waals surface area contributed by atoms with E-state index in [1.807, 2.05) is 73.3 Å². The predicted molar refractivity (Wildman–Crippen MR) is 122 cm³/mol. The predicted octanol–water partition coefficient (Wildman–Crippen LogP) is 4.79. The van der Waals surface area contributed by atoms with Crippen LogP contribution in [0.5, 0.6) is 5.75 Å². The van der Waals surface area contributed by atoms with E-state index < -0.39 is 0 Å². The number of aromatic nitrogens is 5. The summed E-state index contributed by atoms with van der Waals surface area (Å²) in [6.07, 6.45) is 3.72. The van der Waals surface area contributed by atoms with Gasteiger partial charge in [0.15, 0.2) is 5.65 Å². The first-order valence-corrected chi connectivity index (χ1v) is 10.3. The molecule has 0 spiro atoms. The lowest BCUT2D eigenvalue weighted by Gasteiger charge is -2.21. The van der Waals surface area contributed by atoms with Gasteiger partial charge in [-0.1, -0.05) is 35.9 Å². The molecule has 1 N–H and O–H groups in total. The fourth-order valence-corrected chi connectivity index (χ4v) is 3.94. The Morgan fingerprint density at radius 2 is 1.87 bits per heavy atom. The quantitative estimate of drug-likeness (QED) is 0.432. The lowest BCUT2D eigenvalue weighted by atomic mass is 10.1. The van der Waals surface area contributed by atoms with E-state index in [9.17, 15) is 0 Å².